The molecule has 0 saturated heterocycles. The first-order valence-electron chi connectivity index (χ1n) is 6.55. The smallest absolute Gasteiger partial charge is 0.150 e. The van der Waals surface area contributed by atoms with Crippen LogP contribution in [0.2, 0.25) is 0 Å². The maximum Gasteiger partial charge on any atom is 0.150 e. The van der Waals surface area contributed by atoms with Gasteiger partial charge in [0.05, 0.1) is 4.47 Å². The Morgan fingerprint density at radius 1 is 1.35 bits per heavy atom. The van der Waals surface area contributed by atoms with Gasteiger partial charge in [0.25, 0.3) is 0 Å². The van der Waals surface area contributed by atoms with Gasteiger partial charge in [0.15, 0.2) is 5.01 Å². The molecule has 1 heterocycles. The number of nitrogens with one attached hydrogen (secondary N) is 1. The second-order valence-corrected chi connectivity index (χ2v) is 6.87. The number of benzene rings is 1. The van der Waals surface area contributed by atoms with E-state index in [0.717, 1.165) is 24.5 Å². The lowest BCUT2D eigenvalue weighted by Crippen LogP contribution is -2.22. The molecule has 3 nitrogen and oxygen atoms in total. The minimum atomic E-state index is -0.284. The zero-order valence-corrected chi connectivity index (χ0v) is 13.9. The summed E-state index contributed by atoms with van der Waals surface area (Å²) in [5.74, 6) is 0.351. The van der Waals surface area contributed by atoms with Crippen molar-refractivity contribution in [2.24, 2.45) is 5.92 Å². The largest absolute Gasteiger partial charge is 0.316 e. The van der Waals surface area contributed by atoms with Gasteiger partial charge < -0.3 is 5.32 Å². The topological polar surface area (TPSA) is 37.8 Å². The van der Waals surface area contributed by atoms with Gasteiger partial charge in [-0.2, -0.15) is 0 Å². The molecule has 0 radical (unpaired) electrons. The van der Waals surface area contributed by atoms with Gasteiger partial charge in [-0.1, -0.05) is 31.3 Å². The standard InChI is InChI=1S/C14H17BrFN3S/c1-9(2)8-17-7-6-12-18-19-14(20-12)10-4-3-5-11(15)13(10)16/h3-5,9,17H,6-8H2,1-2H3. The first-order chi connectivity index (χ1) is 9.58. The highest BCUT2D eigenvalue weighted by Crippen LogP contribution is 2.29. The molecule has 0 unspecified atom stereocenters. The molecule has 0 amide bonds. The van der Waals surface area contributed by atoms with E-state index in [-0.39, 0.29) is 5.82 Å². The van der Waals surface area contributed by atoms with E-state index in [1.165, 1.54) is 11.3 Å². The van der Waals surface area contributed by atoms with E-state index in [4.69, 9.17) is 0 Å². The SMILES string of the molecule is CC(C)CNCCc1nnc(-c2cccc(Br)c2F)s1. The van der Waals surface area contributed by atoms with Crippen LogP contribution in [0.1, 0.15) is 18.9 Å². The van der Waals surface area contributed by atoms with Crippen molar-refractivity contribution in [3.8, 4) is 10.6 Å². The third-order valence-electron chi connectivity index (χ3n) is 2.72. The van der Waals surface area contributed by atoms with Crippen molar-refractivity contribution in [1.29, 1.82) is 0 Å². The Bertz CT molecular complexity index is 571. The van der Waals surface area contributed by atoms with Crippen molar-refractivity contribution < 1.29 is 4.39 Å². The van der Waals surface area contributed by atoms with Crippen LogP contribution in [0.25, 0.3) is 10.6 Å². The molecule has 1 aromatic heterocycles. The molecule has 0 aliphatic heterocycles. The number of nitrogens with zero attached hydrogens (tertiary/aromatic N) is 2. The lowest BCUT2D eigenvalue weighted by molar-refractivity contribution is 0.553. The molecule has 2 aromatic rings. The highest BCUT2D eigenvalue weighted by atomic mass is 79.9. The van der Waals surface area contributed by atoms with Crippen LogP contribution >= 0.6 is 27.3 Å². The summed E-state index contributed by atoms with van der Waals surface area (Å²) >= 11 is 4.63. The fraction of sp³-hybridized carbons (Fsp3) is 0.429. The Kier molecular flexibility index (Phi) is 5.63. The van der Waals surface area contributed by atoms with Gasteiger partial charge in [-0.15, -0.1) is 10.2 Å². The van der Waals surface area contributed by atoms with Gasteiger partial charge in [-0.3, -0.25) is 0 Å². The summed E-state index contributed by atoms with van der Waals surface area (Å²) < 4.78 is 14.4. The van der Waals surface area contributed by atoms with Crippen molar-refractivity contribution in [2.45, 2.75) is 20.3 Å². The molecule has 20 heavy (non-hydrogen) atoms. The predicted molar refractivity (Wildman–Crippen MR) is 84.4 cm³/mol. The van der Waals surface area contributed by atoms with E-state index >= 15 is 0 Å². The summed E-state index contributed by atoms with van der Waals surface area (Å²) in [5, 5.41) is 13.1. The Hall–Kier alpha value is -0.850. The van der Waals surface area contributed by atoms with Crippen LogP contribution in [0.15, 0.2) is 22.7 Å². The zero-order chi connectivity index (χ0) is 14.5. The second kappa shape index (κ2) is 7.24. The number of hydrogen-bond acceptors (Lipinski definition) is 4. The van der Waals surface area contributed by atoms with Crippen LogP contribution in [-0.2, 0) is 6.42 Å². The van der Waals surface area contributed by atoms with E-state index in [1.807, 2.05) is 0 Å². The molecule has 1 aromatic carbocycles. The Balaban J connectivity index is 2.00. The normalized spacial score (nSPS) is 11.2. The molecule has 1 N–H and O–H groups in total. The fourth-order valence-electron chi connectivity index (χ4n) is 1.72. The van der Waals surface area contributed by atoms with Crippen molar-refractivity contribution in [3.05, 3.63) is 33.5 Å². The maximum atomic E-state index is 14.0. The molecule has 108 valence electrons. The highest BCUT2D eigenvalue weighted by Gasteiger charge is 2.13. The molecule has 0 atom stereocenters. The summed E-state index contributed by atoms with van der Waals surface area (Å²) in [4.78, 5) is 0. The van der Waals surface area contributed by atoms with Gasteiger partial charge in [0.1, 0.15) is 10.8 Å². The maximum absolute atomic E-state index is 14.0. The molecular weight excluding hydrogens is 341 g/mol. The van der Waals surface area contributed by atoms with Gasteiger partial charge in [0.2, 0.25) is 0 Å². The van der Waals surface area contributed by atoms with Crippen LogP contribution < -0.4 is 5.32 Å². The highest BCUT2D eigenvalue weighted by molar-refractivity contribution is 9.10. The van der Waals surface area contributed by atoms with Crippen LogP contribution in [0.3, 0.4) is 0 Å². The van der Waals surface area contributed by atoms with Crippen LogP contribution in [-0.4, -0.2) is 23.3 Å². The molecule has 2 rings (SSSR count). The predicted octanol–water partition coefficient (Wildman–Crippen LogP) is 3.89. The van der Waals surface area contributed by atoms with Gasteiger partial charge in [-0.05, 0) is 40.5 Å². The van der Waals surface area contributed by atoms with E-state index in [2.05, 4.69) is 45.3 Å². The summed E-state index contributed by atoms with van der Waals surface area (Å²) in [6.07, 6.45) is 0.819. The molecule has 0 saturated carbocycles. The Morgan fingerprint density at radius 3 is 2.90 bits per heavy atom. The van der Waals surface area contributed by atoms with Crippen molar-refractivity contribution in [1.82, 2.24) is 15.5 Å². The monoisotopic (exact) mass is 357 g/mol. The van der Waals surface area contributed by atoms with Gasteiger partial charge >= 0.3 is 0 Å². The molecule has 0 bridgehead atoms. The second-order valence-electron chi connectivity index (χ2n) is 4.95. The quantitative estimate of drug-likeness (QED) is 0.796. The van der Waals surface area contributed by atoms with Gasteiger partial charge in [0, 0.05) is 18.5 Å². The average Bonchev–Trinajstić information content (AvgIpc) is 2.86. The molecular formula is C14H17BrFN3S. The number of hydrogen-bond donors (Lipinski definition) is 1. The van der Waals surface area contributed by atoms with E-state index < -0.39 is 0 Å². The van der Waals surface area contributed by atoms with E-state index in [1.54, 1.807) is 18.2 Å². The molecule has 0 aliphatic carbocycles. The lowest BCUT2D eigenvalue weighted by Gasteiger charge is -2.05. The van der Waals surface area contributed by atoms with Crippen molar-refractivity contribution >= 4 is 27.3 Å². The number of halogens is 2. The third kappa shape index (κ3) is 4.07. The molecule has 6 heteroatoms. The number of aromatic nitrogens is 2. The summed E-state index contributed by atoms with van der Waals surface area (Å²) in [7, 11) is 0. The van der Waals surface area contributed by atoms with Crippen molar-refractivity contribution in [2.75, 3.05) is 13.1 Å². The third-order valence-corrected chi connectivity index (χ3v) is 4.35. The molecule has 0 fully saturated rings. The summed E-state index contributed by atoms with van der Waals surface area (Å²) in [5.41, 5.74) is 0.498. The van der Waals surface area contributed by atoms with Crippen LogP contribution in [0.5, 0.6) is 0 Å². The van der Waals surface area contributed by atoms with Crippen LogP contribution in [0, 0.1) is 11.7 Å². The zero-order valence-electron chi connectivity index (χ0n) is 11.5. The summed E-state index contributed by atoms with van der Waals surface area (Å²) in [6, 6.07) is 5.20. The molecule has 0 spiro atoms. The van der Waals surface area contributed by atoms with Gasteiger partial charge in [-0.25, -0.2) is 4.39 Å². The Labute approximate surface area is 130 Å². The minimum Gasteiger partial charge on any atom is -0.316 e. The first kappa shape index (κ1) is 15.5. The first-order valence-corrected chi connectivity index (χ1v) is 8.16. The van der Waals surface area contributed by atoms with Crippen LogP contribution in [0.4, 0.5) is 4.39 Å². The Morgan fingerprint density at radius 2 is 2.15 bits per heavy atom. The number of rotatable bonds is 6. The van der Waals surface area contributed by atoms with Crippen molar-refractivity contribution in [3.63, 3.8) is 0 Å². The van der Waals surface area contributed by atoms with E-state index in [9.17, 15) is 4.39 Å². The fourth-order valence-corrected chi connectivity index (χ4v) is 2.94. The lowest BCUT2D eigenvalue weighted by atomic mass is 10.2. The summed E-state index contributed by atoms with van der Waals surface area (Å²) in [6.45, 7) is 6.21. The molecule has 0 aliphatic rings. The average molecular weight is 358 g/mol. The minimum absolute atomic E-state index is 0.284. The van der Waals surface area contributed by atoms with E-state index in [0.29, 0.717) is 21.0 Å².